The molecule has 0 bridgehead atoms. The van der Waals surface area contributed by atoms with Crippen molar-refractivity contribution >= 4 is 17.2 Å². The number of hydrogen-bond acceptors (Lipinski definition) is 6. The molecule has 0 aliphatic carbocycles. The summed E-state index contributed by atoms with van der Waals surface area (Å²) >= 11 is 0. The molecule has 1 unspecified atom stereocenters. The number of morpholine rings is 1. The van der Waals surface area contributed by atoms with Crippen LogP contribution in [-0.2, 0) is 4.74 Å². The van der Waals surface area contributed by atoms with Crippen LogP contribution in [0.25, 0.3) is 0 Å². The Labute approximate surface area is 153 Å². The van der Waals surface area contributed by atoms with Crippen LogP contribution < -0.4 is 16.2 Å². The van der Waals surface area contributed by atoms with Crippen molar-refractivity contribution in [2.45, 2.75) is 13.0 Å². The third-order valence-electron chi connectivity index (χ3n) is 4.43. The summed E-state index contributed by atoms with van der Waals surface area (Å²) in [4.78, 5) is 15.2. The van der Waals surface area contributed by atoms with Gasteiger partial charge in [-0.25, -0.2) is 0 Å². The van der Waals surface area contributed by atoms with Crippen molar-refractivity contribution in [3.8, 4) is 5.75 Å². The topological polar surface area (TPSA) is 90.8 Å². The van der Waals surface area contributed by atoms with E-state index in [1.807, 2.05) is 25.1 Å². The number of nitrogens with zero attached hydrogens (tertiary/aromatic N) is 1. The van der Waals surface area contributed by atoms with Gasteiger partial charge in [-0.05, 0) is 37.3 Å². The van der Waals surface area contributed by atoms with E-state index in [0.717, 1.165) is 32.8 Å². The molecule has 1 saturated heterocycles. The molecule has 1 fully saturated rings. The van der Waals surface area contributed by atoms with Crippen LogP contribution in [0.1, 0.15) is 22.8 Å². The summed E-state index contributed by atoms with van der Waals surface area (Å²) in [6, 6.07) is 12.2. The Hall–Kier alpha value is -2.57. The number of hydrogen-bond donors (Lipinski definition) is 2. The average molecular weight is 355 g/mol. The highest BCUT2D eigenvalue weighted by molar-refractivity contribution is 6.11. The van der Waals surface area contributed by atoms with E-state index in [0.29, 0.717) is 28.3 Å². The molecule has 1 heterocycles. The molecule has 0 spiro atoms. The standard InChI is InChI=1S/C20H25N3O3/c1-14(13-23-8-10-25-11-9-23)26-19-5-3-2-4-16(19)20(24)15-6-7-17(21)18(22)12-15/h2-7,12,14H,8-11,13,21-22H2,1H3. The fourth-order valence-corrected chi connectivity index (χ4v) is 3.03. The normalized spacial score (nSPS) is 16.2. The van der Waals surface area contributed by atoms with E-state index in [2.05, 4.69) is 4.90 Å². The van der Waals surface area contributed by atoms with Crippen LogP contribution in [-0.4, -0.2) is 49.6 Å². The number of nitrogen functional groups attached to an aromatic ring is 2. The Bertz CT molecular complexity index is 773. The minimum Gasteiger partial charge on any atom is -0.489 e. The molecule has 0 radical (unpaired) electrons. The van der Waals surface area contributed by atoms with Crippen LogP contribution in [0, 0.1) is 0 Å². The maximum atomic E-state index is 12.9. The molecule has 2 aromatic carbocycles. The quantitative estimate of drug-likeness (QED) is 0.610. The van der Waals surface area contributed by atoms with Gasteiger partial charge >= 0.3 is 0 Å². The number of nitrogens with two attached hydrogens (primary N) is 2. The lowest BCUT2D eigenvalue weighted by molar-refractivity contribution is 0.0218. The number of anilines is 2. The fraction of sp³-hybridized carbons (Fsp3) is 0.350. The zero-order valence-corrected chi connectivity index (χ0v) is 15.0. The van der Waals surface area contributed by atoms with Gasteiger partial charge in [0.25, 0.3) is 0 Å². The van der Waals surface area contributed by atoms with Gasteiger partial charge in [0.15, 0.2) is 5.78 Å². The Morgan fingerprint density at radius 3 is 2.62 bits per heavy atom. The van der Waals surface area contributed by atoms with E-state index in [9.17, 15) is 4.79 Å². The number of ether oxygens (including phenoxy) is 2. The first kappa shape index (κ1) is 18.2. The van der Waals surface area contributed by atoms with Gasteiger partial charge in [-0.2, -0.15) is 0 Å². The highest BCUT2D eigenvalue weighted by Crippen LogP contribution is 2.25. The highest BCUT2D eigenvalue weighted by Gasteiger charge is 2.19. The summed E-state index contributed by atoms with van der Waals surface area (Å²) in [6.45, 7) is 6.11. The van der Waals surface area contributed by atoms with Gasteiger partial charge < -0.3 is 20.9 Å². The maximum absolute atomic E-state index is 12.9. The van der Waals surface area contributed by atoms with E-state index in [4.69, 9.17) is 20.9 Å². The van der Waals surface area contributed by atoms with Crippen molar-refractivity contribution in [1.82, 2.24) is 4.90 Å². The van der Waals surface area contributed by atoms with Crippen molar-refractivity contribution < 1.29 is 14.3 Å². The van der Waals surface area contributed by atoms with Crippen molar-refractivity contribution in [3.05, 3.63) is 53.6 Å². The number of benzene rings is 2. The van der Waals surface area contributed by atoms with Gasteiger partial charge in [0.1, 0.15) is 11.9 Å². The molecule has 2 aromatic rings. The van der Waals surface area contributed by atoms with Crippen LogP contribution >= 0.6 is 0 Å². The lowest BCUT2D eigenvalue weighted by Gasteiger charge is -2.29. The third kappa shape index (κ3) is 4.33. The SMILES string of the molecule is CC(CN1CCOCC1)Oc1ccccc1C(=O)c1ccc(N)c(N)c1. The molecule has 3 rings (SSSR count). The predicted octanol–water partition coefficient (Wildman–Crippen LogP) is 2.18. The molecule has 26 heavy (non-hydrogen) atoms. The maximum Gasteiger partial charge on any atom is 0.196 e. The molecule has 138 valence electrons. The second kappa shape index (κ2) is 8.21. The first-order valence-corrected chi connectivity index (χ1v) is 8.80. The number of rotatable bonds is 6. The summed E-state index contributed by atoms with van der Waals surface area (Å²) in [7, 11) is 0. The molecule has 0 aromatic heterocycles. The zero-order valence-electron chi connectivity index (χ0n) is 15.0. The number of carbonyl (C=O) groups excluding carboxylic acids is 1. The van der Waals surface area contributed by atoms with Gasteiger partial charge in [-0.3, -0.25) is 9.69 Å². The summed E-state index contributed by atoms with van der Waals surface area (Å²) in [5.74, 6) is 0.444. The largest absolute Gasteiger partial charge is 0.489 e. The monoisotopic (exact) mass is 355 g/mol. The van der Waals surface area contributed by atoms with Crippen molar-refractivity contribution in [2.75, 3.05) is 44.3 Å². The molecule has 6 heteroatoms. The van der Waals surface area contributed by atoms with Crippen LogP contribution in [0.4, 0.5) is 11.4 Å². The first-order valence-electron chi connectivity index (χ1n) is 8.80. The van der Waals surface area contributed by atoms with Crippen molar-refractivity contribution in [1.29, 1.82) is 0 Å². The summed E-state index contributed by atoms with van der Waals surface area (Å²) in [5, 5.41) is 0. The number of ketones is 1. The molecule has 6 nitrogen and oxygen atoms in total. The Morgan fingerprint density at radius 1 is 1.15 bits per heavy atom. The summed E-state index contributed by atoms with van der Waals surface area (Å²) in [5.41, 5.74) is 13.4. The van der Waals surface area contributed by atoms with Crippen molar-refractivity contribution in [2.24, 2.45) is 0 Å². The van der Waals surface area contributed by atoms with Crippen molar-refractivity contribution in [3.63, 3.8) is 0 Å². The van der Waals surface area contributed by atoms with Gasteiger partial charge in [0.2, 0.25) is 0 Å². The van der Waals surface area contributed by atoms with Crippen LogP contribution in [0.2, 0.25) is 0 Å². The fourth-order valence-electron chi connectivity index (χ4n) is 3.03. The average Bonchev–Trinajstić information content (AvgIpc) is 2.64. The van der Waals surface area contributed by atoms with Gasteiger partial charge in [0.05, 0.1) is 30.2 Å². The van der Waals surface area contributed by atoms with Crippen LogP contribution in [0.5, 0.6) is 5.75 Å². The third-order valence-corrected chi connectivity index (χ3v) is 4.43. The minimum atomic E-state index is -0.133. The molecule has 1 atom stereocenters. The van der Waals surface area contributed by atoms with Crippen LogP contribution in [0.3, 0.4) is 0 Å². The summed E-state index contributed by atoms with van der Waals surface area (Å²) in [6.07, 6.45) is -0.0430. The molecular weight excluding hydrogens is 330 g/mol. The molecule has 4 N–H and O–H groups in total. The van der Waals surface area contributed by atoms with Gasteiger partial charge in [-0.15, -0.1) is 0 Å². The van der Waals surface area contributed by atoms with Crippen LogP contribution in [0.15, 0.2) is 42.5 Å². The second-order valence-electron chi connectivity index (χ2n) is 6.51. The van der Waals surface area contributed by atoms with E-state index in [1.54, 1.807) is 24.3 Å². The number of para-hydroxylation sites is 1. The first-order chi connectivity index (χ1) is 12.5. The summed E-state index contributed by atoms with van der Waals surface area (Å²) < 4.78 is 11.5. The smallest absolute Gasteiger partial charge is 0.196 e. The predicted molar refractivity (Wildman–Crippen MR) is 102 cm³/mol. The lowest BCUT2D eigenvalue weighted by atomic mass is 10.0. The molecule has 0 amide bonds. The number of carbonyl (C=O) groups is 1. The molecule has 0 saturated carbocycles. The Balaban J connectivity index is 1.74. The van der Waals surface area contributed by atoms with Gasteiger partial charge in [-0.1, -0.05) is 12.1 Å². The highest BCUT2D eigenvalue weighted by atomic mass is 16.5. The molecule has 1 aliphatic rings. The van der Waals surface area contributed by atoms with E-state index in [-0.39, 0.29) is 11.9 Å². The molecule has 1 aliphatic heterocycles. The minimum absolute atomic E-state index is 0.0430. The van der Waals surface area contributed by atoms with E-state index >= 15 is 0 Å². The molecular formula is C20H25N3O3. The van der Waals surface area contributed by atoms with E-state index < -0.39 is 0 Å². The zero-order chi connectivity index (χ0) is 18.5. The van der Waals surface area contributed by atoms with E-state index in [1.165, 1.54) is 0 Å². The lowest BCUT2D eigenvalue weighted by Crippen LogP contribution is -2.41. The second-order valence-corrected chi connectivity index (χ2v) is 6.51. The van der Waals surface area contributed by atoms with Gasteiger partial charge in [0, 0.05) is 25.2 Å². The Morgan fingerprint density at radius 2 is 1.88 bits per heavy atom. The Kier molecular flexibility index (Phi) is 5.75.